The van der Waals surface area contributed by atoms with Crippen molar-refractivity contribution in [2.45, 2.75) is 18.8 Å². The first kappa shape index (κ1) is 5.45. The monoisotopic (exact) mass is 116 g/mol. The van der Waals surface area contributed by atoms with Gasteiger partial charge in [-0.05, 0) is 25.3 Å². The van der Waals surface area contributed by atoms with Crippen LogP contribution in [0.15, 0.2) is 0 Å². The Morgan fingerprint density at radius 1 is 1.71 bits per heavy atom. The maximum atomic E-state index is 5.42. The Labute approximate surface area is 49.6 Å². The molecule has 1 heterocycles. The van der Waals surface area contributed by atoms with E-state index in [0.717, 1.165) is 6.54 Å². The van der Waals surface area contributed by atoms with E-state index in [4.69, 9.17) is 11.5 Å². The first-order chi connectivity index (χ1) is 3.43. The zero-order valence-electron chi connectivity index (χ0n) is 4.15. The summed E-state index contributed by atoms with van der Waals surface area (Å²) >= 11 is 5.42. The molecule has 0 aromatic carbocycles. The molecule has 1 rings (SSSR count). The van der Waals surface area contributed by atoms with Gasteiger partial charge in [-0.3, -0.25) is 0 Å². The van der Waals surface area contributed by atoms with Gasteiger partial charge in [0.25, 0.3) is 6.69 Å². The van der Waals surface area contributed by atoms with Gasteiger partial charge in [0.05, 0.1) is 0 Å². The third-order valence-electron chi connectivity index (χ3n) is 1.25. The summed E-state index contributed by atoms with van der Waals surface area (Å²) in [5, 5.41) is 3.22. The summed E-state index contributed by atoms with van der Waals surface area (Å²) in [6, 6.07) is 0. The van der Waals surface area contributed by atoms with Crippen molar-refractivity contribution in [3.8, 4) is 0 Å². The molecule has 1 atom stereocenters. The van der Waals surface area contributed by atoms with E-state index in [1.807, 2.05) is 0 Å². The molecule has 1 unspecified atom stereocenters. The summed E-state index contributed by atoms with van der Waals surface area (Å²) in [5.74, 6) is 0.488. The van der Waals surface area contributed by atoms with Crippen LogP contribution >= 0.6 is 11.5 Å². The number of nitrogens with one attached hydrogen (secondary N) is 1. The van der Waals surface area contributed by atoms with E-state index in [9.17, 15) is 0 Å². The molecule has 39 valence electrons. The molecule has 1 nitrogen and oxygen atoms in total. The highest BCUT2D eigenvalue weighted by Gasteiger charge is 2.12. The highest BCUT2D eigenvalue weighted by molar-refractivity contribution is 6.94. The van der Waals surface area contributed by atoms with Crippen molar-refractivity contribution in [1.29, 1.82) is 0 Å². The molecule has 1 saturated heterocycles. The van der Waals surface area contributed by atoms with E-state index in [1.165, 1.54) is 12.8 Å². The first-order valence-corrected chi connectivity index (χ1v) is 3.04. The van der Waals surface area contributed by atoms with Crippen molar-refractivity contribution >= 4 is 18.2 Å². The summed E-state index contributed by atoms with van der Waals surface area (Å²) in [6.07, 6.45) is 2.48. The molecule has 1 fully saturated rings. The lowest BCUT2D eigenvalue weighted by atomic mass is 9.94. The van der Waals surface area contributed by atoms with Crippen LogP contribution in [0.25, 0.3) is 0 Å². The Balaban J connectivity index is 2.14. The minimum absolute atomic E-state index is 0.488. The normalized spacial score (nSPS) is 30.7. The van der Waals surface area contributed by atoms with Crippen LogP contribution in [-0.2, 0) is 0 Å². The molecule has 0 saturated carbocycles. The third kappa shape index (κ3) is 1.36. The van der Waals surface area contributed by atoms with Crippen molar-refractivity contribution in [3.05, 3.63) is 0 Å². The van der Waals surface area contributed by atoms with E-state index in [0.29, 0.717) is 5.94 Å². The fourth-order valence-electron chi connectivity index (χ4n) is 0.819. The van der Waals surface area contributed by atoms with Crippen LogP contribution in [0, 0.1) is 0 Å². The van der Waals surface area contributed by atoms with Gasteiger partial charge in [-0.1, -0.05) is 0 Å². The first-order valence-electron chi connectivity index (χ1n) is 2.60. The van der Waals surface area contributed by atoms with E-state index < -0.39 is 0 Å². The third-order valence-corrected chi connectivity index (χ3v) is 1.55. The van der Waals surface area contributed by atoms with Crippen molar-refractivity contribution in [2.75, 3.05) is 6.54 Å². The predicted octanol–water partition coefficient (Wildman–Crippen LogP) is 0.554. The van der Waals surface area contributed by atoms with Gasteiger partial charge in [-0.15, -0.1) is 0 Å². The highest BCUT2D eigenvalue weighted by atomic mass is 35.5. The molecule has 1 aliphatic rings. The SMILES string of the molecule is Cl[B]C1CCCN1. The molecule has 1 N–H and O–H groups in total. The van der Waals surface area contributed by atoms with Crippen molar-refractivity contribution < 1.29 is 0 Å². The topological polar surface area (TPSA) is 12.0 Å². The van der Waals surface area contributed by atoms with Crippen molar-refractivity contribution in [2.24, 2.45) is 0 Å². The molecular weight excluding hydrogens is 108 g/mol. The van der Waals surface area contributed by atoms with Crippen molar-refractivity contribution in [1.82, 2.24) is 5.32 Å². The Bertz CT molecular complexity index is 53.7. The van der Waals surface area contributed by atoms with E-state index in [-0.39, 0.29) is 0 Å². The zero-order valence-corrected chi connectivity index (χ0v) is 4.91. The van der Waals surface area contributed by atoms with Crippen LogP contribution in [-0.4, -0.2) is 19.2 Å². The summed E-state index contributed by atoms with van der Waals surface area (Å²) < 4.78 is 0. The largest absolute Gasteiger partial charge is 0.320 e. The van der Waals surface area contributed by atoms with Gasteiger partial charge in [-0.2, -0.15) is 0 Å². The minimum Gasteiger partial charge on any atom is -0.320 e. The predicted molar refractivity (Wildman–Crippen MR) is 32.6 cm³/mol. The molecule has 7 heavy (non-hydrogen) atoms. The van der Waals surface area contributed by atoms with Gasteiger partial charge < -0.3 is 5.32 Å². The molecule has 3 heteroatoms. The lowest BCUT2D eigenvalue weighted by Gasteiger charge is -1.98. The van der Waals surface area contributed by atoms with Crippen LogP contribution in [0.2, 0.25) is 0 Å². The Morgan fingerprint density at radius 3 is 2.86 bits per heavy atom. The Morgan fingerprint density at radius 2 is 2.57 bits per heavy atom. The summed E-state index contributed by atoms with van der Waals surface area (Å²) in [7, 11) is 0. The van der Waals surface area contributed by atoms with E-state index in [2.05, 4.69) is 5.32 Å². The maximum absolute atomic E-state index is 5.42. The van der Waals surface area contributed by atoms with Crippen LogP contribution in [0.4, 0.5) is 0 Å². The average Bonchev–Trinajstić information content (AvgIpc) is 2.14. The van der Waals surface area contributed by atoms with Gasteiger partial charge in [0, 0.05) is 0 Å². The molecule has 1 aliphatic heterocycles. The maximum Gasteiger partial charge on any atom is 0.257 e. The summed E-state index contributed by atoms with van der Waals surface area (Å²) in [6.45, 7) is 2.83. The van der Waals surface area contributed by atoms with Crippen LogP contribution in [0.5, 0.6) is 0 Å². The van der Waals surface area contributed by atoms with Crippen LogP contribution < -0.4 is 5.32 Å². The molecule has 0 aromatic heterocycles. The van der Waals surface area contributed by atoms with Gasteiger partial charge in [0.2, 0.25) is 0 Å². The lowest BCUT2D eigenvalue weighted by molar-refractivity contribution is 0.792. The summed E-state index contributed by atoms with van der Waals surface area (Å²) in [4.78, 5) is 0. The molecule has 0 aliphatic carbocycles. The van der Waals surface area contributed by atoms with E-state index >= 15 is 0 Å². The molecule has 1 radical (unpaired) electrons. The second-order valence-corrected chi connectivity index (χ2v) is 2.08. The lowest BCUT2D eigenvalue weighted by Crippen LogP contribution is -2.24. The van der Waals surface area contributed by atoms with Gasteiger partial charge >= 0.3 is 0 Å². The van der Waals surface area contributed by atoms with Crippen molar-refractivity contribution in [3.63, 3.8) is 0 Å². The zero-order chi connectivity index (χ0) is 5.11. The van der Waals surface area contributed by atoms with E-state index in [1.54, 1.807) is 6.69 Å². The van der Waals surface area contributed by atoms with Crippen LogP contribution in [0.1, 0.15) is 12.8 Å². The number of hydrogen-bond donors (Lipinski definition) is 1. The molecule has 0 spiro atoms. The average molecular weight is 116 g/mol. The van der Waals surface area contributed by atoms with Gasteiger partial charge in [0.15, 0.2) is 0 Å². The molecule has 0 aromatic rings. The van der Waals surface area contributed by atoms with Gasteiger partial charge in [0.1, 0.15) is 0 Å². The summed E-state index contributed by atoms with van der Waals surface area (Å²) in [5.41, 5.74) is 0. The molecule has 0 amide bonds. The fraction of sp³-hybridized carbons (Fsp3) is 1.00. The number of halogens is 1. The fourth-order valence-corrected chi connectivity index (χ4v) is 1.03. The second kappa shape index (κ2) is 2.58. The Hall–Kier alpha value is 0.315. The van der Waals surface area contributed by atoms with Crippen LogP contribution in [0.3, 0.4) is 0 Å². The minimum atomic E-state index is 0.488. The number of rotatable bonds is 1. The smallest absolute Gasteiger partial charge is 0.257 e. The highest BCUT2D eigenvalue weighted by Crippen LogP contribution is 2.03. The van der Waals surface area contributed by atoms with Gasteiger partial charge in [-0.25, -0.2) is 11.5 Å². The second-order valence-electron chi connectivity index (χ2n) is 1.83. The quantitative estimate of drug-likeness (QED) is 0.494. The standard InChI is InChI=1S/C4H8BClN/c6-5-4-2-1-3-7-4/h4,7H,1-3H2. The molecule has 0 bridgehead atoms. The number of hydrogen-bond acceptors (Lipinski definition) is 1. The molecular formula is C4H8BClN. The Kier molecular flexibility index (Phi) is 2.01.